The molecule has 0 aliphatic carbocycles. The van der Waals surface area contributed by atoms with Gasteiger partial charge in [-0.05, 0) is 38.1 Å². The van der Waals surface area contributed by atoms with E-state index in [1.54, 1.807) is 4.90 Å². The summed E-state index contributed by atoms with van der Waals surface area (Å²) in [7, 11) is 4.02. The van der Waals surface area contributed by atoms with Crippen LogP contribution in [0.4, 0.5) is 11.5 Å². The zero-order valence-electron chi connectivity index (χ0n) is 18.8. The molecule has 1 atom stereocenters. The first-order valence-corrected chi connectivity index (χ1v) is 11.5. The first-order valence-electron chi connectivity index (χ1n) is 11.5. The predicted molar refractivity (Wildman–Crippen MR) is 123 cm³/mol. The van der Waals surface area contributed by atoms with E-state index in [1.807, 2.05) is 36.2 Å². The van der Waals surface area contributed by atoms with Crippen molar-refractivity contribution in [1.29, 1.82) is 0 Å². The number of rotatable bonds is 4. The topological polar surface area (TPSA) is 81.7 Å². The van der Waals surface area contributed by atoms with Crippen molar-refractivity contribution in [2.45, 2.75) is 38.1 Å². The van der Waals surface area contributed by atoms with Crippen molar-refractivity contribution in [3.8, 4) is 0 Å². The number of aromatic nitrogens is 2. The highest BCUT2D eigenvalue weighted by atomic mass is 16.2. The van der Waals surface area contributed by atoms with Gasteiger partial charge in [-0.2, -0.15) is 0 Å². The molecule has 168 valence electrons. The van der Waals surface area contributed by atoms with E-state index < -0.39 is 0 Å². The van der Waals surface area contributed by atoms with E-state index >= 15 is 0 Å². The van der Waals surface area contributed by atoms with Crippen molar-refractivity contribution in [1.82, 2.24) is 19.8 Å². The van der Waals surface area contributed by atoms with Gasteiger partial charge in [-0.3, -0.25) is 9.59 Å². The fourth-order valence-corrected chi connectivity index (χ4v) is 5.02. The number of likely N-dealkylation sites (N-methyl/N-ethyl adjacent to an activating group) is 1. The molecule has 0 bridgehead atoms. The molecule has 3 aliphatic rings. The highest BCUT2D eigenvalue weighted by molar-refractivity contribution is 5.99. The first kappa shape index (κ1) is 20.9. The van der Waals surface area contributed by atoms with E-state index in [2.05, 4.69) is 17.3 Å². The summed E-state index contributed by atoms with van der Waals surface area (Å²) in [5.74, 6) is 2.02. The molecule has 0 saturated carbocycles. The average molecular weight is 435 g/mol. The van der Waals surface area contributed by atoms with Crippen LogP contribution in [0.2, 0.25) is 0 Å². The molecule has 3 aliphatic heterocycles. The third-order valence-electron chi connectivity index (χ3n) is 6.82. The Balaban J connectivity index is 1.33. The third kappa shape index (κ3) is 3.83. The van der Waals surface area contributed by atoms with E-state index in [9.17, 15) is 9.59 Å². The highest BCUT2D eigenvalue weighted by Crippen LogP contribution is 2.31. The Kier molecular flexibility index (Phi) is 5.55. The summed E-state index contributed by atoms with van der Waals surface area (Å²) >= 11 is 0. The van der Waals surface area contributed by atoms with Crippen molar-refractivity contribution in [2.24, 2.45) is 0 Å². The van der Waals surface area contributed by atoms with Crippen LogP contribution in [0, 0.1) is 0 Å². The Bertz CT molecular complexity index is 1040. The molecule has 1 aromatic heterocycles. The summed E-state index contributed by atoms with van der Waals surface area (Å²) in [6.45, 7) is 3.89. The fraction of sp³-hybridized carbons (Fsp3) is 0.500. The van der Waals surface area contributed by atoms with Crippen molar-refractivity contribution in [3.05, 3.63) is 46.9 Å². The third-order valence-corrected chi connectivity index (χ3v) is 6.82. The summed E-state index contributed by atoms with van der Waals surface area (Å²) in [6.07, 6.45) is 3.24. The summed E-state index contributed by atoms with van der Waals surface area (Å²) in [5, 5.41) is 3.25. The Morgan fingerprint density at radius 1 is 1.16 bits per heavy atom. The first-order chi connectivity index (χ1) is 15.5. The number of anilines is 2. The maximum Gasteiger partial charge on any atom is 0.253 e. The Morgan fingerprint density at radius 3 is 2.81 bits per heavy atom. The quantitative estimate of drug-likeness (QED) is 0.795. The largest absolute Gasteiger partial charge is 0.373 e. The van der Waals surface area contributed by atoms with Gasteiger partial charge in [0.15, 0.2) is 0 Å². The van der Waals surface area contributed by atoms with Gasteiger partial charge in [0, 0.05) is 75.3 Å². The summed E-state index contributed by atoms with van der Waals surface area (Å²) in [4.78, 5) is 41.0. The summed E-state index contributed by atoms with van der Waals surface area (Å²) < 4.78 is 0. The van der Waals surface area contributed by atoms with Crippen LogP contribution >= 0.6 is 0 Å². The highest BCUT2D eigenvalue weighted by Gasteiger charge is 2.32. The molecule has 4 heterocycles. The van der Waals surface area contributed by atoms with Gasteiger partial charge in [0.1, 0.15) is 11.6 Å². The SMILES string of the molecule is CNc1nc(C2CCN(C(=O)c3cccc(N4CCCC4=O)c3)C2)nc2c1CN(C)CC2. The van der Waals surface area contributed by atoms with E-state index in [1.165, 1.54) is 5.56 Å². The predicted octanol–water partition coefficient (Wildman–Crippen LogP) is 2.26. The lowest BCUT2D eigenvalue weighted by Crippen LogP contribution is -2.30. The zero-order chi connectivity index (χ0) is 22.2. The Morgan fingerprint density at radius 2 is 2.03 bits per heavy atom. The van der Waals surface area contributed by atoms with Crippen LogP contribution in [-0.4, -0.2) is 71.9 Å². The van der Waals surface area contributed by atoms with Crippen LogP contribution in [0.5, 0.6) is 0 Å². The van der Waals surface area contributed by atoms with Gasteiger partial charge in [-0.25, -0.2) is 9.97 Å². The Labute approximate surface area is 188 Å². The van der Waals surface area contributed by atoms with Crippen molar-refractivity contribution in [2.75, 3.05) is 50.5 Å². The molecule has 8 nitrogen and oxygen atoms in total. The second-order valence-electron chi connectivity index (χ2n) is 9.03. The van der Waals surface area contributed by atoms with Gasteiger partial charge < -0.3 is 20.0 Å². The summed E-state index contributed by atoms with van der Waals surface area (Å²) in [6, 6.07) is 7.46. The van der Waals surface area contributed by atoms with Crippen LogP contribution in [-0.2, 0) is 17.8 Å². The van der Waals surface area contributed by atoms with Crippen molar-refractivity contribution < 1.29 is 9.59 Å². The zero-order valence-corrected chi connectivity index (χ0v) is 18.8. The van der Waals surface area contributed by atoms with E-state index in [0.717, 1.165) is 61.9 Å². The molecule has 5 rings (SSSR count). The van der Waals surface area contributed by atoms with Gasteiger partial charge in [0.05, 0.1) is 5.69 Å². The minimum atomic E-state index is 0.00872. The fourth-order valence-electron chi connectivity index (χ4n) is 5.02. The molecule has 1 N–H and O–H groups in total. The number of hydrogen-bond acceptors (Lipinski definition) is 6. The number of hydrogen-bond donors (Lipinski definition) is 1. The molecular formula is C24H30N6O2. The molecule has 0 spiro atoms. The molecule has 2 fully saturated rings. The minimum Gasteiger partial charge on any atom is -0.373 e. The molecule has 8 heteroatoms. The molecular weight excluding hydrogens is 404 g/mol. The van der Waals surface area contributed by atoms with Crippen LogP contribution in [0.3, 0.4) is 0 Å². The lowest BCUT2D eigenvalue weighted by Gasteiger charge is -2.26. The maximum atomic E-state index is 13.2. The number of nitrogens with one attached hydrogen (secondary N) is 1. The number of carbonyl (C=O) groups is 2. The second-order valence-corrected chi connectivity index (χ2v) is 9.03. The number of nitrogens with zero attached hydrogens (tertiary/aromatic N) is 5. The molecule has 1 unspecified atom stereocenters. The van der Waals surface area contributed by atoms with Gasteiger partial charge in [-0.15, -0.1) is 0 Å². The van der Waals surface area contributed by atoms with Gasteiger partial charge >= 0.3 is 0 Å². The molecule has 2 saturated heterocycles. The monoisotopic (exact) mass is 434 g/mol. The standard InChI is InChI=1S/C24H30N6O2/c1-25-23-19-15-28(2)11-9-20(19)26-22(27-23)17-8-12-29(14-17)24(32)16-5-3-6-18(13-16)30-10-4-7-21(30)31/h3,5-6,13,17H,4,7-12,14-15H2,1-2H3,(H,25,26,27). The van der Waals surface area contributed by atoms with E-state index in [-0.39, 0.29) is 17.7 Å². The second kappa shape index (κ2) is 8.50. The molecule has 1 aromatic carbocycles. The normalized spacial score (nSPS) is 21.2. The smallest absolute Gasteiger partial charge is 0.253 e. The van der Waals surface area contributed by atoms with Gasteiger partial charge in [0.2, 0.25) is 5.91 Å². The van der Waals surface area contributed by atoms with Crippen molar-refractivity contribution in [3.63, 3.8) is 0 Å². The Hall–Kier alpha value is -3.00. The minimum absolute atomic E-state index is 0.00872. The maximum absolute atomic E-state index is 13.2. The molecule has 2 aromatic rings. The van der Waals surface area contributed by atoms with Crippen molar-refractivity contribution >= 4 is 23.3 Å². The number of carbonyl (C=O) groups excluding carboxylic acids is 2. The molecule has 32 heavy (non-hydrogen) atoms. The van der Waals surface area contributed by atoms with Crippen LogP contribution in [0.1, 0.15) is 52.6 Å². The van der Waals surface area contributed by atoms with Crippen LogP contribution < -0.4 is 10.2 Å². The average Bonchev–Trinajstić information content (AvgIpc) is 3.47. The number of fused-ring (bicyclic) bond motifs is 1. The van der Waals surface area contributed by atoms with Gasteiger partial charge in [-0.1, -0.05) is 6.07 Å². The molecule has 0 radical (unpaired) electrons. The van der Waals surface area contributed by atoms with E-state index in [4.69, 9.17) is 9.97 Å². The van der Waals surface area contributed by atoms with E-state index in [0.29, 0.717) is 25.1 Å². The van der Waals surface area contributed by atoms with Crippen LogP contribution in [0.15, 0.2) is 24.3 Å². The van der Waals surface area contributed by atoms with Crippen LogP contribution in [0.25, 0.3) is 0 Å². The lowest BCUT2D eigenvalue weighted by molar-refractivity contribution is -0.117. The number of amides is 2. The lowest BCUT2D eigenvalue weighted by atomic mass is 10.0. The summed E-state index contributed by atoms with van der Waals surface area (Å²) in [5.41, 5.74) is 3.76. The molecule has 2 amide bonds. The number of benzene rings is 1. The van der Waals surface area contributed by atoms with Gasteiger partial charge in [0.25, 0.3) is 5.91 Å². The number of likely N-dealkylation sites (tertiary alicyclic amines) is 1.